The van der Waals surface area contributed by atoms with Gasteiger partial charge in [-0.2, -0.15) is 0 Å². The van der Waals surface area contributed by atoms with Crippen molar-refractivity contribution in [1.82, 2.24) is 5.43 Å². The van der Waals surface area contributed by atoms with E-state index < -0.39 is 0 Å². The molecule has 0 saturated carbocycles. The lowest BCUT2D eigenvalue weighted by molar-refractivity contribution is 0.112. The van der Waals surface area contributed by atoms with Gasteiger partial charge in [-0.15, -0.1) is 10.5 Å². The Kier molecular flexibility index (Phi) is 1.69. The number of benzene rings is 1. The van der Waals surface area contributed by atoms with Crippen LogP contribution in [-0.2, 0) is 0 Å². The highest BCUT2D eigenvalue weighted by molar-refractivity contribution is 9.18. The van der Waals surface area contributed by atoms with Crippen LogP contribution in [0.1, 0.15) is 15.9 Å². The van der Waals surface area contributed by atoms with Gasteiger partial charge in [-0.3, -0.25) is 4.79 Å². The first-order valence-electron chi connectivity index (χ1n) is 3.35. The molecule has 1 radical (unpaired) electrons. The fourth-order valence-electron chi connectivity index (χ4n) is 1.11. The van der Waals surface area contributed by atoms with E-state index in [1.165, 1.54) is 0 Å². The van der Waals surface area contributed by atoms with Gasteiger partial charge in [-0.05, 0) is 22.0 Å². The molecule has 12 heavy (non-hydrogen) atoms. The molecule has 1 aromatic carbocycles. The van der Waals surface area contributed by atoms with Crippen LogP contribution in [0, 0.1) is 0 Å². The second kappa shape index (κ2) is 2.71. The number of halogens is 1. The molecule has 0 amide bonds. The second-order valence-corrected chi connectivity index (χ2v) is 3.10. The molecule has 0 atom stereocenters. The van der Waals surface area contributed by atoms with Gasteiger partial charge in [0.1, 0.15) is 4.62 Å². The quantitative estimate of drug-likeness (QED) is 0.670. The molecule has 0 N–H and O–H groups in total. The normalized spacial score (nSPS) is 13.2. The summed E-state index contributed by atoms with van der Waals surface area (Å²) in [7, 11) is 0. The van der Waals surface area contributed by atoms with Crippen molar-refractivity contribution >= 4 is 32.5 Å². The molecule has 0 spiro atoms. The molecule has 0 saturated heterocycles. The van der Waals surface area contributed by atoms with E-state index in [0.717, 1.165) is 17.5 Å². The van der Waals surface area contributed by atoms with Gasteiger partial charge in [-0.25, -0.2) is 0 Å². The molecule has 0 aliphatic carbocycles. The molecule has 0 bridgehead atoms. The average molecular weight is 224 g/mol. The Hall–Kier alpha value is -1.16. The van der Waals surface area contributed by atoms with E-state index in [1.54, 1.807) is 12.1 Å². The summed E-state index contributed by atoms with van der Waals surface area (Å²) >= 11 is 3.23. The van der Waals surface area contributed by atoms with Crippen LogP contribution in [0.3, 0.4) is 0 Å². The van der Waals surface area contributed by atoms with Crippen molar-refractivity contribution in [2.45, 2.75) is 0 Å². The number of carbonyl (C=O) groups is 1. The summed E-state index contributed by atoms with van der Waals surface area (Å²) in [4.78, 5) is 10.6. The van der Waals surface area contributed by atoms with E-state index in [9.17, 15) is 4.79 Å². The third kappa shape index (κ3) is 0.956. The summed E-state index contributed by atoms with van der Waals surface area (Å²) in [5, 5.41) is 3.81. The van der Waals surface area contributed by atoms with E-state index in [-0.39, 0.29) is 0 Å². The van der Waals surface area contributed by atoms with Crippen LogP contribution in [0.15, 0.2) is 23.3 Å². The van der Waals surface area contributed by atoms with E-state index in [2.05, 4.69) is 26.5 Å². The molecular formula is C8H4BrN2O. The zero-order valence-corrected chi connectivity index (χ0v) is 7.58. The third-order valence-electron chi connectivity index (χ3n) is 1.65. The van der Waals surface area contributed by atoms with Gasteiger partial charge >= 0.3 is 0 Å². The lowest BCUT2D eigenvalue weighted by atomic mass is 10.1. The topological polar surface area (TPSA) is 43.5 Å². The minimum absolute atomic E-state index is 0.615. The molecule has 1 heterocycles. The maximum absolute atomic E-state index is 10.6. The van der Waals surface area contributed by atoms with Crippen LogP contribution in [0.25, 0.3) is 0 Å². The fraction of sp³-hybridized carbons (Fsp3) is 0. The Morgan fingerprint density at radius 1 is 1.42 bits per heavy atom. The SMILES string of the molecule is O=Cc1cccc2c1C(Br)=N[N]2. The van der Waals surface area contributed by atoms with E-state index in [4.69, 9.17) is 0 Å². The number of fused-ring (bicyclic) bond motifs is 1. The first-order valence-corrected chi connectivity index (χ1v) is 4.15. The van der Waals surface area contributed by atoms with Gasteiger partial charge in [-0.1, -0.05) is 12.1 Å². The summed E-state index contributed by atoms with van der Waals surface area (Å²) in [6.07, 6.45) is 0.802. The average Bonchev–Trinajstić information content (AvgIpc) is 2.48. The van der Waals surface area contributed by atoms with Crippen molar-refractivity contribution in [1.29, 1.82) is 0 Å². The zero-order chi connectivity index (χ0) is 8.55. The number of hydrogen-bond acceptors (Lipinski definition) is 2. The van der Waals surface area contributed by atoms with Crippen molar-refractivity contribution in [3.05, 3.63) is 29.3 Å². The molecule has 1 aromatic rings. The van der Waals surface area contributed by atoms with E-state index >= 15 is 0 Å². The summed E-state index contributed by atoms with van der Waals surface area (Å²) in [6, 6.07) is 5.34. The highest BCUT2D eigenvalue weighted by atomic mass is 79.9. The highest BCUT2D eigenvalue weighted by Crippen LogP contribution is 2.27. The lowest BCUT2D eigenvalue weighted by Crippen LogP contribution is -1.93. The summed E-state index contributed by atoms with van der Waals surface area (Å²) in [5.74, 6) is 0. The molecule has 3 nitrogen and oxygen atoms in total. The largest absolute Gasteiger partial charge is 0.298 e. The fourth-order valence-corrected chi connectivity index (χ4v) is 1.62. The lowest BCUT2D eigenvalue weighted by Gasteiger charge is -1.98. The standard InChI is InChI=1S/C8H4BrN2O/c9-8-7-5(4-12)2-1-3-6(7)10-11-8/h1-4H. The van der Waals surface area contributed by atoms with Crippen LogP contribution in [0.2, 0.25) is 0 Å². The molecule has 2 rings (SSSR count). The van der Waals surface area contributed by atoms with Gasteiger partial charge < -0.3 is 0 Å². The number of aldehydes is 1. The molecule has 0 unspecified atom stereocenters. The van der Waals surface area contributed by atoms with Crippen molar-refractivity contribution < 1.29 is 4.79 Å². The molecule has 1 aliphatic rings. The minimum Gasteiger partial charge on any atom is -0.298 e. The minimum atomic E-state index is 0.615. The van der Waals surface area contributed by atoms with Gasteiger partial charge in [0.2, 0.25) is 0 Å². The predicted octanol–water partition coefficient (Wildman–Crippen LogP) is 1.81. The molecule has 0 aromatic heterocycles. The maximum atomic E-state index is 10.6. The Balaban J connectivity index is 2.68. The highest BCUT2D eigenvalue weighted by Gasteiger charge is 2.18. The summed E-state index contributed by atoms with van der Waals surface area (Å²) < 4.78 is 0.625. The first-order chi connectivity index (χ1) is 5.83. The number of carbonyl (C=O) groups excluding carboxylic acids is 1. The molecule has 1 aliphatic heterocycles. The summed E-state index contributed by atoms with van der Waals surface area (Å²) in [6.45, 7) is 0. The van der Waals surface area contributed by atoms with Crippen LogP contribution >= 0.6 is 15.9 Å². The van der Waals surface area contributed by atoms with Crippen molar-refractivity contribution in [2.24, 2.45) is 5.10 Å². The second-order valence-electron chi connectivity index (χ2n) is 2.35. The Bertz CT molecular complexity index is 373. The molecule has 4 heteroatoms. The van der Waals surface area contributed by atoms with Crippen LogP contribution in [0.4, 0.5) is 5.69 Å². The Morgan fingerprint density at radius 3 is 3.00 bits per heavy atom. The van der Waals surface area contributed by atoms with Gasteiger partial charge in [0.15, 0.2) is 6.29 Å². The van der Waals surface area contributed by atoms with Crippen LogP contribution in [0.5, 0.6) is 0 Å². The summed E-state index contributed by atoms with van der Waals surface area (Å²) in [5.41, 5.74) is 6.01. The third-order valence-corrected chi connectivity index (χ3v) is 2.21. The zero-order valence-electron chi connectivity index (χ0n) is 5.99. The Morgan fingerprint density at radius 2 is 2.25 bits per heavy atom. The van der Waals surface area contributed by atoms with Crippen molar-refractivity contribution in [3.8, 4) is 0 Å². The van der Waals surface area contributed by atoms with Gasteiger partial charge in [0.05, 0.1) is 5.69 Å². The van der Waals surface area contributed by atoms with Crippen LogP contribution in [-0.4, -0.2) is 10.9 Å². The molecular weight excluding hydrogens is 220 g/mol. The van der Waals surface area contributed by atoms with E-state index in [1.807, 2.05) is 6.07 Å². The van der Waals surface area contributed by atoms with Crippen molar-refractivity contribution in [2.75, 3.05) is 0 Å². The smallest absolute Gasteiger partial charge is 0.150 e. The Labute approximate surface area is 77.6 Å². The number of hydrogen-bond donors (Lipinski definition) is 0. The monoisotopic (exact) mass is 223 g/mol. The number of nitrogens with zero attached hydrogens (tertiary/aromatic N) is 2. The number of rotatable bonds is 1. The molecule has 59 valence electrons. The van der Waals surface area contributed by atoms with Crippen LogP contribution < -0.4 is 5.43 Å². The van der Waals surface area contributed by atoms with E-state index in [0.29, 0.717) is 10.2 Å². The predicted molar refractivity (Wildman–Crippen MR) is 49.1 cm³/mol. The van der Waals surface area contributed by atoms with Crippen molar-refractivity contribution in [3.63, 3.8) is 0 Å². The maximum Gasteiger partial charge on any atom is 0.150 e. The van der Waals surface area contributed by atoms with Gasteiger partial charge in [0, 0.05) is 11.1 Å². The van der Waals surface area contributed by atoms with Gasteiger partial charge in [0.25, 0.3) is 0 Å². The molecule has 0 fully saturated rings. The first kappa shape index (κ1) is 7.49.